The highest BCUT2D eigenvalue weighted by Gasteiger charge is 2.17. The maximum Gasteiger partial charge on any atom is 0.131 e. The van der Waals surface area contributed by atoms with Gasteiger partial charge < -0.3 is 4.74 Å². The molecule has 1 nitrogen and oxygen atoms in total. The molecule has 0 unspecified atom stereocenters. The highest BCUT2D eigenvalue weighted by Crippen LogP contribution is 2.39. The topological polar surface area (TPSA) is 9.23 Å². The molecule has 5 aromatic carbocycles. The lowest BCUT2D eigenvalue weighted by Crippen LogP contribution is -1.97. The summed E-state index contributed by atoms with van der Waals surface area (Å²) >= 11 is 6.54. The minimum atomic E-state index is 0.750. The van der Waals surface area contributed by atoms with Gasteiger partial charge in [0, 0.05) is 23.4 Å². The largest absolute Gasteiger partial charge is 0.457 e. The van der Waals surface area contributed by atoms with Crippen molar-refractivity contribution in [1.29, 1.82) is 0 Å². The van der Waals surface area contributed by atoms with Crippen molar-refractivity contribution in [2.45, 2.75) is 12.8 Å². The fourth-order valence-electron chi connectivity index (χ4n) is 4.83. The van der Waals surface area contributed by atoms with Crippen molar-refractivity contribution in [1.82, 2.24) is 0 Å². The molecule has 0 saturated carbocycles. The van der Waals surface area contributed by atoms with Gasteiger partial charge in [-0.3, -0.25) is 0 Å². The Morgan fingerprint density at radius 2 is 1.00 bits per heavy atom. The molecule has 0 atom stereocenters. The molecule has 0 spiro atoms. The van der Waals surface area contributed by atoms with E-state index >= 15 is 0 Å². The number of hydrogen-bond donors (Lipinski definition) is 0. The molecule has 2 heteroatoms. The number of ether oxygens (including phenoxy) is 1. The molecule has 34 heavy (non-hydrogen) atoms. The van der Waals surface area contributed by atoms with Gasteiger partial charge in [-0.05, 0) is 63.2 Å². The number of fused-ring (bicyclic) bond motifs is 5. The van der Waals surface area contributed by atoms with Crippen LogP contribution in [-0.2, 0) is 12.8 Å². The Balaban J connectivity index is 1.58. The highest BCUT2D eigenvalue weighted by molar-refractivity contribution is 6.33. The van der Waals surface area contributed by atoms with E-state index in [4.69, 9.17) is 16.3 Å². The summed E-state index contributed by atoms with van der Waals surface area (Å²) in [5.41, 5.74) is 9.56. The molecular formula is C32H23ClO. The fraction of sp³-hybridized carbons (Fsp3) is 0.0625. The van der Waals surface area contributed by atoms with E-state index in [1.807, 2.05) is 24.3 Å². The Kier molecular flexibility index (Phi) is 5.41. The molecule has 0 N–H and O–H groups in total. The van der Waals surface area contributed by atoms with Gasteiger partial charge in [-0.25, -0.2) is 0 Å². The zero-order valence-electron chi connectivity index (χ0n) is 18.7. The van der Waals surface area contributed by atoms with Crippen LogP contribution in [0.1, 0.15) is 22.3 Å². The Morgan fingerprint density at radius 1 is 0.471 bits per heavy atom. The van der Waals surface area contributed by atoms with Crippen LogP contribution in [0.25, 0.3) is 22.3 Å². The second kappa shape index (κ2) is 8.85. The zero-order chi connectivity index (χ0) is 22.9. The molecule has 1 heterocycles. The molecular weight excluding hydrogens is 436 g/mol. The summed E-state index contributed by atoms with van der Waals surface area (Å²) in [5, 5.41) is 0.750. The summed E-state index contributed by atoms with van der Waals surface area (Å²) in [6, 6.07) is 40.1. The quantitative estimate of drug-likeness (QED) is 0.239. The van der Waals surface area contributed by atoms with Crippen LogP contribution in [0.15, 0.2) is 115 Å². The van der Waals surface area contributed by atoms with E-state index < -0.39 is 0 Å². The Bertz CT molecular complexity index is 1500. The average molecular weight is 459 g/mol. The summed E-state index contributed by atoms with van der Waals surface area (Å²) in [6.45, 7) is 0. The maximum absolute atomic E-state index is 6.59. The summed E-state index contributed by atoms with van der Waals surface area (Å²) in [5.74, 6) is 1.78. The van der Waals surface area contributed by atoms with Gasteiger partial charge in [0.1, 0.15) is 11.5 Å². The number of para-hydroxylation sites is 1. The molecule has 0 fully saturated rings. The highest BCUT2D eigenvalue weighted by atomic mass is 35.5. The third-order valence-corrected chi connectivity index (χ3v) is 6.85. The predicted octanol–water partition coefficient (Wildman–Crippen LogP) is 8.96. The van der Waals surface area contributed by atoms with Crippen molar-refractivity contribution < 1.29 is 4.74 Å². The van der Waals surface area contributed by atoms with Gasteiger partial charge >= 0.3 is 0 Å². The Hall–Kier alpha value is -3.81. The van der Waals surface area contributed by atoms with Crippen LogP contribution in [-0.4, -0.2) is 0 Å². The SMILES string of the molecule is Clc1ccccc1-c1ccc2c(c1)Cc1ccccc1-c1ccccc1Cc1ccccc1O2. The molecule has 0 amide bonds. The number of benzene rings is 5. The first-order valence-electron chi connectivity index (χ1n) is 11.6. The average Bonchev–Trinajstić information content (AvgIpc) is 2.89. The summed E-state index contributed by atoms with van der Waals surface area (Å²) in [7, 11) is 0. The third kappa shape index (κ3) is 3.89. The van der Waals surface area contributed by atoms with Crippen molar-refractivity contribution >= 4 is 11.6 Å². The van der Waals surface area contributed by atoms with Crippen LogP contribution in [0, 0.1) is 0 Å². The van der Waals surface area contributed by atoms with E-state index in [2.05, 4.69) is 91.0 Å². The predicted molar refractivity (Wildman–Crippen MR) is 141 cm³/mol. The van der Waals surface area contributed by atoms with Crippen molar-refractivity contribution in [2.75, 3.05) is 0 Å². The lowest BCUT2D eigenvalue weighted by Gasteiger charge is -2.16. The van der Waals surface area contributed by atoms with Crippen LogP contribution < -0.4 is 4.74 Å². The van der Waals surface area contributed by atoms with E-state index in [0.29, 0.717) is 0 Å². The van der Waals surface area contributed by atoms with Gasteiger partial charge in [0.05, 0.1) is 0 Å². The van der Waals surface area contributed by atoms with Gasteiger partial charge in [-0.15, -0.1) is 0 Å². The van der Waals surface area contributed by atoms with Gasteiger partial charge in [0.25, 0.3) is 0 Å². The lowest BCUT2D eigenvalue weighted by atomic mass is 9.89. The summed E-state index contributed by atoms with van der Waals surface area (Å²) < 4.78 is 6.59. The number of hydrogen-bond acceptors (Lipinski definition) is 1. The Morgan fingerprint density at radius 3 is 1.71 bits per heavy atom. The van der Waals surface area contributed by atoms with Crippen LogP contribution in [0.4, 0.5) is 0 Å². The molecule has 0 aromatic heterocycles. The van der Waals surface area contributed by atoms with Crippen molar-refractivity contribution in [2.24, 2.45) is 0 Å². The van der Waals surface area contributed by atoms with E-state index in [-0.39, 0.29) is 0 Å². The van der Waals surface area contributed by atoms with Crippen molar-refractivity contribution in [3.63, 3.8) is 0 Å². The monoisotopic (exact) mass is 458 g/mol. The second-order valence-corrected chi connectivity index (χ2v) is 9.09. The molecule has 0 radical (unpaired) electrons. The Labute approximate surface area is 205 Å². The van der Waals surface area contributed by atoms with E-state index in [9.17, 15) is 0 Å². The van der Waals surface area contributed by atoms with Gasteiger partial charge in [-0.2, -0.15) is 0 Å². The lowest BCUT2D eigenvalue weighted by molar-refractivity contribution is 0.472. The molecule has 5 aromatic rings. The zero-order valence-corrected chi connectivity index (χ0v) is 19.4. The van der Waals surface area contributed by atoms with Gasteiger partial charge in [-0.1, -0.05) is 103 Å². The van der Waals surface area contributed by atoms with Crippen LogP contribution >= 0.6 is 11.6 Å². The van der Waals surface area contributed by atoms with Crippen molar-refractivity contribution in [3.8, 4) is 33.8 Å². The van der Waals surface area contributed by atoms with E-state index in [0.717, 1.165) is 46.1 Å². The fourth-order valence-corrected chi connectivity index (χ4v) is 5.08. The maximum atomic E-state index is 6.59. The van der Waals surface area contributed by atoms with E-state index in [1.54, 1.807) is 0 Å². The van der Waals surface area contributed by atoms with Crippen LogP contribution in [0.2, 0.25) is 5.02 Å². The molecule has 0 bridgehead atoms. The molecule has 1 aliphatic rings. The van der Waals surface area contributed by atoms with Crippen molar-refractivity contribution in [3.05, 3.63) is 143 Å². The van der Waals surface area contributed by atoms with Gasteiger partial charge in [0.2, 0.25) is 0 Å². The minimum Gasteiger partial charge on any atom is -0.457 e. The molecule has 6 rings (SSSR count). The second-order valence-electron chi connectivity index (χ2n) is 8.68. The minimum absolute atomic E-state index is 0.750. The molecule has 0 saturated heterocycles. The smallest absolute Gasteiger partial charge is 0.131 e. The number of rotatable bonds is 1. The van der Waals surface area contributed by atoms with Crippen LogP contribution in [0.3, 0.4) is 0 Å². The molecule has 164 valence electrons. The molecule has 0 aliphatic carbocycles. The first kappa shape index (κ1) is 20.8. The third-order valence-electron chi connectivity index (χ3n) is 6.52. The first-order chi connectivity index (χ1) is 16.8. The van der Waals surface area contributed by atoms with Gasteiger partial charge in [0.15, 0.2) is 0 Å². The number of halogens is 1. The van der Waals surface area contributed by atoms with Crippen LogP contribution in [0.5, 0.6) is 11.5 Å². The summed E-state index contributed by atoms with van der Waals surface area (Å²) in [6.07, 6.45) is 1.58. The van der Waals surface area contributed by atoms with E-state index in [1.165, 1.54) is 27.8 Å². The standard InChI is InChI=1S/C32H23ClO/c33-30-15-7-6-14-29(30)24-17-18-32-26(21-24)20-23-10-2-5-13-28(23)27-12-4-1-9-22(27)19-25-11-3-8-16-31(25)34-32/h1-18,21H,19-20H2. The summed E-state index contributed by atoms with van der Waals surface area (Å²) in [4.78, 5) is 0. The normalized spacial score (nSPS) is 12.3. The molecule has 1 aliphatic heterocycles. The first-order valence-corrected chi connectivity index (χ1v) is 11.9.